The van der Waals surface area contributed by atoms with Gasteiger partial charge in [0.15, 0.2) is 0 Å². The van der Waals surface area contributed by atoms with E-state index in [0.717, 1.165) is 14.6 Å². The number of carbonyl (C=O) groups excluding carboxylic acids is 1. The predicted octanol–water partition coefficient (Wildman–Crippen LogP) is 2.30. The van der Waals surface area contributed by atoms with Gasteiger partial charge in [-0.1, -0.05) is 28.1 Å². The molecular weight excluding hydrogens is 388 g/mol. The van der Waals surface area contributed by atoms with Crippen LogP contribution in [0.15, 0.2) is 56.5 Å². The minimum atomic E-state index is -0.533. The number of methoxy groups -OCH3 is 1. The number of nitrogens with zero attached hydrogens (tertiary/aromatic N) is 2. The van der Waals surface area contributed by atoms with Gasteiger partial charge in [0, 0.05) is 11.5 Å². The first-order valence-electron chi connectivity index (χ1n) is 7.48. The fourth-order valence-corrected chi connectivity index (χ4v) is 2.94. The normalized spacial score (nSPS) is 10.8. The van der Waals surface area contributed by atoms with E-state index in [-0.39, 0.29) is 12.1 Å². The Morgan fingerprint density at radius 1 is 1.12 bits per heavy atom. The molecule has 0 amide bonds. The fourth-order valence-electron chi connectivity index (χ4n) is 2.67. The molecule has 0 radical (unpaired) electrons. The molecule has 0 fully saturated rings. The van der Waals surface area contributed by atoms with E-state index in [4.69, 9.17) is 4.74 Å². The minimum absolute atomic E-state index is 0.150. The highest BCUT2D eigenvalue weighted by molar-refractivity contribution is 9.10. The van der Waals surface area contributed by atoms with Crippen molar-refractivity contribution in [3.8, 4) is 0 Å². The Morgan fingerprint density at radius 3 is 2.44 bits per heavy atom. The average molecular weight is 403 g/mol. The molecule has 0 aliphatic carbocycles. The number of rotatable bonds is 3. The third kappa shape index (κ3) is 3.15. The molecule has 0 aliphatic heterocycles. The SMILES string of the molecule is COC(=O)c1ccc2c(c1)c(=O)n(Cc1ccc(Br)cc1)c(=O)n2C. The molecule has 0 saturated carbocycles. The van der Waals surface area contributed by atoms with Crippen LogP contribution in [-0.2, 0) is 18.3 Å². The van der Waals surface area contributed by atoms with Gasteiger partial charge in [0.05, 0.1) is 30.1 Å². The summed E-state index contributed by atoms with van der Waals surface area (Å²) in [6.45, 7) is 0.150. The maximum absolute atomic E-state index is 12.8. The monoisotopic (exact) mass is 402 g/mol. The van der Waals surface area contributed by atoms with Crippen molar-refractivity contribution in [1.29, 1.82) is 0 Å². The van der Waals surface area contributed by atoms with Crippen LogP contribution < -0.4 is 11.2 Å². The zero-order valence-corrected chi connectivity index (χ0v) is 15.2. The van der Waals surface area contributed by atoms with Gasteiger partial charge in [0.2, 0.25) is 0 Å². The van der Waals surface area contributed by atoms with Gasteiger partial charge in [0.25, 0.3) is 5.56 Å². The molecule has 128 valence electrons. The van der Waals surface area contributed by atoms with Crippen LogP contribution in [0.2, 0.25) is 0 Å². The largest absolute Gasteiger partial charge is 0.465 e. The summed E-state index contributed by atoms with van der Waals surface area (Å²) >= 11 is 3.35. The lowest BCUT2D eigenvalue weighted by Crippen LogP contribution is -2.39. The van der Waals surface area contributed by atoms with E-state index in [9.17, 15) is 14.4 Å². The number of aromatic nitrogens is 2. The average Bonchev–Trinajstić information content (AvgIpc) is 2.63. The maximum Gasteiger partial charge on any atom is 0.337 e. The van der Waals surface area contributed by atoms with Crippen LogP contribution in [0.25, 0.3) is 10.9 Å². The van der Waals surface area contributed by atoms with Crippen molar-refractivity contribution in [2.75, 3.05) is 7.11 Å². The van der Waals surface area contributed by atoms with Gasteiger partial charge in [-0.15, -0.1) is 0 Å². The second kappa shape index (κ2) is 6.68. The van der Waals surface area contributed by atoms with Gasteiger partial charge in [-0.2, -0.15) is 0 Å². The number of aryl methyl sites for hydroxylation is 1. The molecule has 0 aliphatic rings. The van der Waals surface area contributed by atoms with Crippen molar-refractivity contribution >= 4 is 32.8 Å². The Balaban J connectivity index is 2.21. The molecule has 6 nitrogen and oxygen atoms in total. The van der Waals surface area contributed by atoms with Crippen LogP contribution in [-0.4, -0.2) is 22.2 Å². The van der Waals surface area contributed by atoms with Crippen molar-refractivity contribution in [1.82, 2.24) is 9.13 Å². The summed E-state index contributed by atoms with van der Waals surface area (Å²) in [5.41, 5.74) is 0.708. The molecule has 0 unspecified atom stereocenters. The molecule has 25 heavy (non-hydrogen) atoms. The second-order valence-corrected chi connectivity index (χ2v) is 6.50. The summed E-state index contributed by atoms with van der Waals surface area (Å²) in [4.78, 5) is 37.1. The molecule has 1 heterocycles. The number of ether oxygens (including phenoxy) is 1. The number of fused-ring (bicyclic) bond motifs is 1. The molecule has 0 N–H and O–H groups in total. The molecular formula is C18H15BrN2O4. The summed E-state index contributed by atoms with van der Waals surface area (Å²) in [6.07, 6.45) is 0. The summed E-state index contributed by atoms with van der Waals surface area (Å²) < 4.78 is 8.17. The molecule has 1 aromatic heterocycles. The van der Waals surface area contributed by atoms with E-state index in [1.807, 2.05) is 24.3 Å². The van der Waals surface area contributed by atoms with Crippen molar-refractivity contribution in [2.45, 2.75) is 6.54 Å². The number of hydrogen-bond donors (Lipinski definition) is 0. The smallest absolute Gasteiger partial charge is 0.337 e. The molecule has 7 heteroatoms. The molecule has 2 aromatic carbocycles. The Hall–Kier alpha value is -2.67. The maximum atomic E-state index is 12.8. The Morgan fingerprint density at radius 2 is 1.80 bits per heavy atom. The van der Waals surface area contributed by atoms with Crippen LogP contribution in [0.3, 0.4) is 0 Å². The Kier molecular flexibility index (Phi) is 4.59. The number of esters is 1. The summed E-state index contributed by atoms with van der Waals surface area (Å²) in [6, 6.07) is 11.9. The topological polar surface area (TPSA) is 70.3 Å². The van der Waals surface area contributed by atoms with Crippen molar-refractivity contribution < 1.29 is 9.53 Å². The van der Waals surface area contributed by atoms with E-state index in [2.05, 4.69) is 15.9 Å². The zero-order valence-electron chi connectivity index (χ0n) is 13.7. The molecule has 0 spiro atoms. The van der Waals surface area contributed by atoms with Gasteiger partial charge in [-0.3, -0.25) is 13.9 Å². The minimum Gasteiger partial charge on any atom is -0.465 e. The van der Waals surface area contributed by atoms with Crippen molar-refractivity contribution in [2.24, 2.45) is 7.05 Å². The summed E-state index contributed by atoms with van der Waals surface area (Å²) in [7, 11) is 2.87. The molecule has 3 aromatic rings. The highest BCUT2D eigenvalue weighted by Gasteiger charge is 2.14. The van der Waals surface area contributed by atoms with E-state index < -0.39 is 17.2 Å². The Bertz CT molecular complexity index is 1080. The number of halogens is 1. The van der Waals surface area contributed by atoms with Gasteiger partial charge in [0.1, 0.15) is 0 Å². The number of carbonyl (C=O) groups is 1. The van der Waals surface area contributed by atoms with Gasteiger partial charge in [-0.05, 0) is 35.9 Å². The third-order valence-corrected chi connectivity index (χ3v) is 4.56. The van der Waals surface area contributed by atoms with E-state index in [1.54, 1.807) is 13.1 Å². The number of hydrogen-bond acceptors (Lipinski definition) is 4. The van der Waals surface area contributed by atoms with Crippen LogP contribution in [0.1, 0.15) is 15.9 Å². The van der Waals surface area contributed by atoms with Gasteiger partial charge >= 0.3 is 11.7 Å². The lowest BCUT2D eigenvalue weighted by atomic mass is 10.1. The summed E-state index contributed by atoms with van der Waals surface area (Å²) in [5, 5.41) is 0.294. The van der Waals surface area contributed by atoms with Gasteiger partial charge in [-0.25, -0.2) is 9.59 Å². The highest BCUT2D eigenvalue weighted by atomic mass is 79.9. The van der Waals surface area contributed by atoms with Crippen LogP contribution >= 0.6 is 15.9 Å². The fraction of sp³-hybridized carbons (Fsp3) is 0.167. The van der Waals surface area contributed by atoms with Crippen molar-refractivity contribution in [3.05, 3.63) is 78.9 Å². The first-order valence-corrected chi connectivity index (χ1v) is 8.28. The molecule has 0 saturated heterocycles. The highest BCUT2D eigenvalue weighted by Crippen LogP contribution is 2.13. The molecule has 0 atom stereocenters. The lowest BCUT2D eigenvalue weighted by Gasteiger charge is -2.11. The first kappa shape index (κ1) is 17.2. The third-order valence-electron chi connectivity index (χ3n) is 4.03. The van der Waals surface area contributed by atoms with E-state index in [0.29, 0.717) is 10.9 Å². The standard InChI is InChI=1S/C18H15BrN2O4/c1-20-15-8-5-12(17(23)25-2)9-14(15)16(22)21(18(20)24)10-11-3-6-13(19)7-4-11/h3-9H,10H2,1-2H3. The van der Waals surface area contributed by atoms with Gasteiger partial charge < -0.3 is 4.74 Å². The quantitative estimate of drug-likeness (QED) is 0.630. The van der Waals surface area contributed by atoms with E-state index in [1.165, 1.54) is 23.8 Å². The van der Waals surface area contributed by atoms with Crippen molar-refractivity contribution in [3.63, 3.8) is 0 Å². The summed E-state index contributed by atoms with van der Waals surface area (Å²) in [5.74, 6) is -0.533. The predicted molar refractivity (Wildman–Crippen MR) is 98.0 cm³/mol. The zero-order chi connectivity index (χ0) is 18.1. The molecule has 0 bridgehead atoms. The Labute approximate surface area is 151 Å². The number of benzene rings is 2. The second-order valence-electron chi connectivity index (χ2n) is 5.58. The lowest BCUT2D eigenvalue weighted by molar-refractivity contribution is 0.0601. The van der Waals surface area contributed by atoms with E-state index >= 15 is 0 Å². The molecule has 3 rings (SSSR count). The first-order chi connectivity index (χ1) is 11.9. The van der Waals surface area contributed by atoms with Crippen LogP contribution in [0, 0.1) is 0 Å². The van der Waals surface area contributed by atoms with Crippen LogP contribution in [0.5, 0.6) is 0 Å². The van der Waals surface area contributed by atoms with Crippen LogP contribution in [0.4, 0.5) is 0 Å².